The van der Waals surface area contributed by atoms with Crippen LogP contribution in [0.1, 0.15) is 17.0 Å². The predicted molar refractivity (Wildman–Crippen MR) is 99.1 cm³/mol. The summed E-state index contributed by atoms with van der Waals surface area (Å²) in [5.41, 5.74) is 0.539. The van der Waals surface area contributed by atoms with E-state index in [1.807, 2.05) is 13.0 Å². The molecule has 2 fully saturated rings. The second-order valence-electron chi connectivity index (χ2n) is 7.25. The number of aliphatic carboxylic acids is 1. The van der Waals surface area contributed by atoms with Crippen LogP contribution < -0.4 is 0 Å². The zero-order valence-electron chi connectivity index (χ0n) is 15.1. The molecule has 0 unspecified atom stereocenters. The third kappa shape index (κ3) is 2.91. The van der Waals surface area contributed by atoms with E-state index in [2.05, 4.69) is 10.2 Å². The number of nitrogens with one attached hydrogen (secondary N) is 1. The Morgan fingerprint density at radius 3 is 2.85 bits per heavy atom. The van der Waals surface area contributed by atoms with Gasteiger partial charge in [-0.25, -0.2) is 8.42 Å². The summed E-state index contributed by atoms with van der Waals surface area (Å²) in [5, 5.41) is 16.8. The molecule has 4 rings (SSSR count). The fourth-order valence-corrected chi connectivity index (χ4v) is 7.04. The number of hydrogen-bond acceptors (Lipinski definition) is 6. The quantitative estimate of drug-likeness (QED) is 0.794. The van der Waals surface area contributed by atoms with E-state index in [-0.39, 0.29) is 30.5 Å². The summed E-state index contributed by atoms with van der Waals surface area (Å²) < 4.78 is 33.3. The van der Waals surface area contributed by atoms with Crippen LogP contribution in [0.15, 0.2) is 17.0 Å². The van der Waals surface area contributed by atoms with Crippen LogP contribution >= 0.6 is 11.3 Å². The van der Waals surface area contributed by atoms with E-state index in [0.717, 1.165) is 10.6 Å². The van der Waals surface area contributed by atoms with Gasteiger partial charge in [0.2, 0.25) is 10.0 Å². The van der Waals surface area contributed by atoms with Crippen molar-refractivity contribution in [1.82, 2.24) is 14.5 Å². The maximum absolute atomic E-state index is 13.3. The number of ether oxygens (including phenoxy) is 1. The molecule has 2 aliphatic rings. The molecule has 8 nitrogen and oxygen atoms in total. The van der Waals surface area contributed by atoms with Gasteiger partial charge in [-0.2, -0.15) is 9.40 Å². The third-order valence-electron chi connectivity index (χ3n) is 5.55. The Morgan fingerprint density at radius 2 is 2.22 bits per heavy atom. The Morgan fingerprint density at radius 1 is 1.44 bits per heavy atom. The van der Waals surface area contributed by atoms with Crippen molar-refractivity contribution in [3.63, 3.8) is 0 Å². The lowest BCUT2D eigenvalue weighted by Gasteiger charge is -2.34. The summed E-state index contributed by atoms with van der Waals surface area (Å²) >= 11 is 1.37. The second kappa shape index (κ2) is 6.40. The number of thiophene rings is 1. The van der Waals surface area contributed by atoms with Crippen molar-refractivity contribution >= 4 is 27.3 Å². The van der Waals surface area contributed by atoms with Gasteiger partial charge >= 0.3 is 5.97 Å². The van der Waals surface area contributed by atoms with Gasteiger partial charge < -0.3 is 9.84 Å². The molecule has 0 spiro atoms. The number of aromatic nitrogens is 2. The van der Waals surface area contributed by atoms with E-state index in [9.17, 15) is 18.3 Å². The second-order valence-corrected chi connectivity index (χ2v) is 10.4. The monoisotopic (exact) mass is 411 g/mol. The SMILES string of the molecule is Cc1cc(-c2cc(S(=O)(=O)N3C[C@@H]4COCC[C@]4(C(=O)O)C3)c(C)s2)n[nH]1. The minimum Gasteiger partial charge on any atom is -0.481 e. The molecule has 0 bridgehead atoms. The van der Waals surface area contributed by atoms with Crippen molar-refractivity contribution in [2.75, 3.05) is 26.3 Å². The van der Waals surface area contributed by atoms with Crippen molar-refractivity contribution in [2.45, 2.75) is 25.2 Å². The van der Waals surface area contributed by atoms with E-state index in [4.69, 9.17) is 4.74 Å². The number of carbonyl (C=O) groups is 1. The molecule has 2 aliphatic heterocycles. The highest BCUT2D eigenvalue weighted by molar-refractivity contribution is 7.89. The number of carboxylic acids is 1. The van der Waals surface area contributed by atoms with Gasteiger partial charge in [0.1, 0.15) is 5.69 Å². The van der Waals surface area contributed by atoms with Crippen molar-refractivity contribution in [2.24, 2.45) is 11.3 Å². The maximum Gasteiger partial charge on any atom is 0.311 e. The number of sulfonamides is 1. The van der Waals surface area contributed by atoms with E-state index < -0.39 is 21.4 Å². The fourth-order valence-electron chi connectivity index (χ4n) is 3.97. The van der Waals surface area contributed by atoms with Gasteiger partial charge in [0.25, 0.3) is 0 Å². The molecule has 0 aromatic carbocycles. The van der Waals surface area contributed by atoms with E-state index in [1.165, 1.54) is 15.6 Å². The summed E-state index contributed by atoms with van der Waals surface area (Å²) in [5.74, 6) is -1.27. The highest BCUT2D eigenvalue weighted by Gasteiger charge is 2.56. The van der Waals surface area contributed by atoms with Gasteiger partial charge in [0.05, 0.1) is 21.8 Å². The van der Waals surface area contributed by atoms with Gasteiger partial charge in [0, 0.05) is 36.2 Å². The molecule has 2 aromatic heterocycles. The summed E-state index contributed by atoms with van der Waals surface area (Å²) in [6.45, 7) is 4.43. The molecule has 146 valence electrons. The highest BCUT2D eigenvalue weighted by atomic mass is 32.2. The number of carboxylic acid groups (broad SMARTS) is 1. The van der Waals surface area contributed by atoms with Crippen LogP contribution in [0.5, 0.6) is 0 Å². The smallest absolute Gasteiger partial charge is 0.311 e. The number of aryl methyl sites for hydroxylation is 2. The van der Waals surface area contributed by atoms with Gasteiger partial charge in [-0.1, -0.05) is 0 Å². The Labute approximate surface area is 161 Å². The zero-order valence-corrected chi connectivity index (χ0v) is 16.7. The van der Waals surface area contributed by atoms with Gasteiger partial charge in [-0.15, -0.1) is 11.3 Å². The normalized spacial score (nSPS) is 26.2. The Bertz CT molecular complexity index is 996. The standard InChI is InChI=1S/C17H21N3O5S2/c1-10-5-13(19-18-10)14-6-15(11(2)26-14)27(23,24)20-7-12-8-25-4-3-17(12,9-20)16(21)22/h5-6,12H,3-4,7-9H2,1-2H3,(H,18,19)(H,21,22)/t12-,17+/m1/s1. The lowest BCUT2D eigenvalue weighted by molar-refractivity contribution is -0.157. The van der Waals surface area contributed by atoms with E-state index in [1.54, 1.807) is 13.0 Å². The van der Waals surface area contributed by atoms with Crippen LogP contribution in [0.25, 0.3) is 10.6 Å². The molecule has 4 heterocycles. The lowest BCUT2D eigenvalue weighted by atomic mass is 9.74. The maximum atomic E-state index is 13.3. The predicted octanol–water partition coefficient (Wildman–Crippen LogP) is 1.87. The zero-order chi connectivity index (χ0) is 19.4. The Hall–Kier alpha value is -1.75. The number of hydrogen-bond donors (Lipinski definition) is 2. The number of H-pyrrole nitrogens is 1. The minimum absolute atomic E-state index is 0.00910. The number of rotatable bonds is 4. The number of nitrogens with zero attached hydrogens (tertiary/aromatic N) is 2. The average molecular weight is 412 g/mol. The third-order valence-corrected chi connectivity index (χ3v) is 8.69. The largest absolute Gasteiger partial charge is 0.481 e. The first kappa shape index (κ1) is 18.6. The first-order valence-corrected chi connectivity index (χ1v) is 10.9. The van der Waals surface area contributed by atoms with Gasteiger partial charge in [-0.05, 0) is 32.4 Å². The first-order valence-electron chi connectivity index (χ1n) is 8.68. The molecule has 0 radical (unpaired) electrons. The van der Waals surface area contributed by atoms with E-state index >= 15 is 0 Å². The Kier molecular flexibility index (Phi) is 4.41. The molecule has 2 saturated heterocycles. The minimum atomic E-state index is -3.79. The molecule has 0 amide bonds. The van der Waals surface area contributed by atoms with Crippen LogP contribution in [0.3, 0.4) is 0 Å². The first-order chi connectivity index (χ1) is 12.7. The fraction of sp³-hybridized carbons (Fsp3) is 0.529. The molecular formula is C17H21N3O5S2. The molecule has 2 aromatic rings. The number of fused-ring (bicyclic) bond motifs is 1. The van der Waals surface area contributed by atoms with Crippen LogP contribution in [0.2, 0.25) is 0 Å². The molecule has 0 saturated carbocycles. The molecule has 2 atom stereocenters. The van der Waals surface area contributed by atoms with Crippen LogP contribution in [0.4, 0.5) is 0 Å². The average Bonchev–Trinajstić information content (AvgIpc) is 3.31. The van der Waals surface area contributed by atoms with Gasteiger partial charge in [0.15, 0.2) is 0 Å². The molecule has 0 aliphatic carbocycles. The number of aromatic amines is 1. The Balaban J connectivity index is 1.68. The summed E-state index contributed by atoms with van der Waals surface area (Å²) in [7, 11) is -3.79. The van der Waals surface area contributed by atoms with Crippen LogP contribution in [-0.2, 0) is 19.6 Å². The molecule has 10 heteroatoms. The van der Waals surface area contributed by atoms with Crippen LogP contribution in [0, 0.1) is 25.2 Å². The topological polar surface area (TPSA) is 113 Å². The summed E-state index contributed by atoms with van der Waals surface area (Å²) in [6.07, 6.45) is 0.333. The summed E-state index contributed by atoms with van der Waals surface area (Å²) in [4.78, 5) is 13.6. The van der Waals surface area contributed by atoms with Crippen molar-refractivity contribution in [1.29, 1.82) is 0 Å². The molecule has 2 N–H and O–H groups in total. The van der Waals surface area contributed by atoms with E-state index in [0.29, 0.717) is 23.6 Å². The van der Waals surface area contributed by atoms with Crippen molar-refractivity contribution in [3.05, 3.63) is 22.7 Å². The van der Waals surface area contributed by atoms with Crippen molar-refractivity contribution < 1.29 is 23.1 Å². The van der Waals surface area contributed by atoms with Crippen LogP contribution in [-0.4, -0.2) is 60.3 Å². The molecular weight excluding hydrogens is 390 g/mol. The lowest BCUT2D eigenvalue weighted by Crippen LogP contribution is -2.45. The van der Waals surface area contributed by atoms with Gasteiger partial charge in [-0.3, -0.25) is 9.89 Å². The summed E-state index contributed by atoms with van der Waals surface area (Å²) in [6, 6.07) is 3.50. The molecule has 27 heavy (non-hydrogen) atoms. The highest BCUT2D eigenvalue weighted by Crippen LogP contribution is 2.45. The van der Waals surface area contributed by atoms with Crippen molar-refractivity contribution in [3.8, 4) is 10.6 Å².